The Kier molecular flexibility index (Phi) is 5.84. The Bertz CT molecular complexity index is 950. The number of aromatic nitrogens is 4. The Balaban J connectivity index is 1.66. The zero-order valence-corrected chi connectivity index (χ0v) is 15.0. The minimum absolute atomic E-state index is 0.0716. The standard InChI is InChI=1S/C17H13ClN6OS/c18-13-7-5-12(6-8-13)17-21-23-24(22-17)11-16(25)20-14-3-1-2-4-15(14)26-10-9-19/h1-8H,10-11H2,(H,20,25). The maximum absolute atomic E-state index is 12.3. The van der Waals surface area contributed by atoms with Crippen molar-refractivity contribution < 1.29 is 4.79 Å². The Morgan fingerprint density at radius 1 is 1.23 bits per heavy atom. The molecule has 1 N–H and O–H groups in total. The van der Waals surface area contributed by atoms with Gasteiger partial charge in [-0.2, -0.15) is 10.1 Å². The number of carbonyl (C=O) groups is 1. The molecule has 7 nitrogen and oxygen atoms in total. The number of hydrogen-bond acceptors (Lipinski definition) is 6. The zero-order valence-electron chi connectivity index (χ0n) is 13.5. The molecule has 3 rings (SSSR count). The Hall–Kier alpha value is -2.89. The SMILES string of the molecule is N#CCSc1ccccc1NC(=O)Cn1nnc(-c2ccc(Cl)cc2)n1. The van der Waals surface area contributed by atoms with E-state index in [1.807, 2.05) is 18.2 Å². The van der Waals surface area contributed by atoms with Gasteiger partial charge in [-0.1, -0.05) is 23.7 Å². The van der Waals surface area contributed by atoms with E-state index in [1.54, 1.807) is 30.3 Å². The molecule has 2 aromatic carbocycles. The lowest BCUT2D eigenvalue weighted by molar-refractivity contribution is -0.117. The largest absolute Gasteiger partial charge is 0.323 e. The second-order valence-corrected chi connectivity index (χ2v) is 6.60. The highest BCUT2D eigenvalue weighted by Crippen LogP contribution is 2.26. The van der Waals surface area contributed by atoms with Crippen LogP contribution in [-0.2, 0) is 11.3 Å². The average molecular weight is 385 g/mol. The lowest BCUT2D eigenvalue weighted by Crippen LogP contribution is -2.20. The lowest BCUT2D eigenvalue weighted by atomic mass is 10.2. The van der Waals surface area contributed by atoms with Gasteiger partial charge in [0.05, 0.1) is 17.5 Å². The first-order valence-corrected chi connectivity index (χ1v) is 8.94. The first-order chi connectivity index (χ1) is 12.7. The highest BCUT2D eigenvalue weighted by atomic mass is 35.5. The van der Waals surface area contributed by atoms with E-state index in [9.17, 15) is 4.79 Å². The van der Waals surface area contributed by atoms with Crippen LogP contribution in [0, 0.1) is 11.3 Å². The minimum Gasteiger partial charge on any atom is -0.323 e. The number of nitrogens with one attached hydrogen (secondary N) is 1. The number of para-hydroxylation sites is 1. The second-order valence-electron chi connectivity index (χ2n) is 5.14. The van der Waals surface area contributed by atoms with E-state index in [0.717, 1.165) is 10.5 Å². The molecule has 0 radical (unpaired) electrons. The van der Waals surface area contributed by atoms with E-state index in [-0.39, 0.29) is 12.5 Å². The minimum atomic E-state index is -0.282. The number of thioether (sulfide) groups is 1. The van der Waals surface area contributed by atoms with Gasteiger partial charge in [-0.25, -0.2) is 0 Å². The number of rotatable bonds is 6. The predicted octanol–water partition coefficient (Wildman–Crippen LogP) is 3.25. The molecular formula is C17H13ClN6OS. The van der Waals surface area contributed by atoms with E-state index >= 15 is 0 Å². The van der Waals surface area contributed by atoms with E-state index in [1.165, 1.54) is 16.6 Å². The number of carbonyl (C=O) groups excluding carboxylic acids is 1. The molecule has 0 atom stereocenters. The van der Waals surface area contributed by atoms with Gasteiger partial charge >= 0.3 is 0 Å². The first-order valence-electron chi connectivity index (χ1n) is 7.58. The summed E-state index contributed by atoms with van der Waals surface area (Å²) in [7, 11) is 0. The highest BCUT2D eigenvalue weighted by Gasteiger charge is 2.11. The Morgan fingerprint density at radius 2 is 2.00 bits per heavy atom. The number of amides is 1. The van der Waals surface area contributed by atoms with Crippen LogP contribution in [0.3, 0.4) is 0 Å². The molecule has 0 aliphatic rings. The van der Waals surface area contributed by atoms with Crippen LogP contribution in [0.2, 0.25) is 5.02 Å². The number of hydrogen-bond donors (Lipinski definition) is 1. The van der Waals surface area contributed by atoms with Crippen molar-refractivity contribution in [3.8, 4) is 17.5 Å². The van der Waals surface area contributed by atoms with Crippen LogP contribution in [0.5, 0.6) is 0 Å². The van der Waals surface area contributed by atoms with Crippen LogP contribution in [0.4, 0.5) is 5.69 Å². The normalized spacial score (nSPS) is 10.3. The third-order valence-corrected chi connectivity index (χ3v) is 4.49. The molecule has 0 saturated carbocycles. The van der Waals surface area contributed by atoms with Gasteiger partial charge in [-0.3, -0.25) is 4.79 Å². The van der Waals surface area contributed by atoms with Gasteiger partial charge in [0.25, 0.3) is 0 Å². The molecule has 9 heteroatoms. The third-order valence-electron chi connectivity index (χ3n) is 3.29. The molecular weight excluding hydrogens is 372 g/mol. The number of anilines is 1. The molecule has 0 spiro atoms. The molecule has 0 aliphatic heterocycles. The van der Waals surface area contributed by atoms with Crippen molar-refractivity contribution in [2.45, 2.75) is 11.4 Å². The van der Waals surface area contributed by atoms with Gasteiger partial charge < -0.3 is 5.32 Å². The fourth-order valence-electron chi connectivity index (χ4n) is 2.15. The van der Waals surface area contributed by atoms with E-state index in [4.69, 9.17) is 16.9 Å². The van der Waals surface area contributed by atoms with Crippen LogP contribution in [0.25, 0.3) is 11.4 Å². The highest BCUT2D eigenvalue weighted by molar-refractivity contribution is 7.99. The van der Waals surface area contributed by atoms with Crippen molar-refractivity contribution in [2.24, 2.45) is 0 Å². The topological polar surface area (TPSA) is 96.5 Å². The number of tetrazole rings is 1. The van der Waals surface area contributed by atoms with E-state index in [2.05, 4.69) is 26.8 Å². The van der Waals surface area contributed by atoms with Crippen molar-refractivity contribution in [3.63, 3.8) is 0 Å². The van der Waals surface area contributed by atoms with Gasteiger partial charge in [0, 0.05) is 15.5 Å². The van der Waals surface area contributed by atoms with Crippen LogP contribution < -0.4 is 5.32 Å². The van der Waals surface area contributed by atoms with Crippen molar-refractivity contribution in [3.05, 3.63) is 53.6 Å². The Morgan fingerprint density at radius 3 is 2.77 bits per heavy atom. The summed E-state index contributed by atoms with van der Waals surface area (Å²) in [5, 5.41) is 24.2. The van der Waals surface area contributed by atoms with Crippen molar-refractivity contribution in [1.29, 1.82) is 5.26 Å². The molecule has 0 bridgehead atoms. The van der Waals surface area contributed by atoms with Gasteiger partial charge in [-0.15, -0.1) is 22.0 Å². The summed E-state index contributed by atoms with van der Waals surface area (Å²) in [4.78, 5) is 14.3. The monoisotopic (exact) mass is 384 g/mol. The molecule has 0 fully saturated rings. The fraction of sp³-hybridized carbons (Fsp3) is 0.118. The summed E-state index contributed by atoms with van der Waals surface area (Å²) in [6.45, 7) is -0.0716. The molecule has 1 aromatic heterocycles. The number of nitriles is 1. The quantitative estimate of drug-likeness (QED) is 0.655. The summed E-state index contributed by atoms with van der Waals surface area (Å²) in [6.07, 6.45) is 0. The van der Waals surface area contributed by atoms with Crippen molar-refractivity contribution >= 4 is 35.0 Å². The smallest absolute Gasteiger partial charge is 0.248 e. The van der Waals surface area contributed by atoms with Crippen LogP contribution >= 0.6 is 23.4 Å². The maximum atomic E-state index is 12.3. The number of halogens is 1. The third kappa shape index (κ3) is 4.59. The number of nitrogens with zero attached hydrogens (tertiary/aromatic N) is 5. The lowest BCUT2D eigenvalue weighted by Gasteiger charge is -2.09. The molecule has 3 aromatic rings. The van der Waals surface area contributed by atoms with Crippen molar-refractivity contribution in [1.82, 2.24) is 20.2 Å². The van der Waals surface area contributed by atoms with Gasteiger partial charge in [0.15, 0.2) is 0 Å². The van der Waals surface area contributed by atoms with E-state index in [0.29, 0.717) is 22.3 Å². The van der Waals surface area contributed by atoms with E-state index < -0.39 is 0 Å². The molecule has 0 unspecified atom stereocenters. The molecule has 0 saturated heterocycles. The maximum Gasteiger partial charge on any atom is 0.248 e. The first kappa shape index (κ1) is 17.9. The molecule has 130 valence electrons. The summed E-state index contributed by atoms with van der Waals surface area (Å²) in [5.74, 6) is 0.441. The molecule has 1 amide bonds. The fourth-order valence-corrected chi connectivity index (χ4v) is 2.94. The van der Waals surface area contributed by atoms with Gasteiger partial charge in [0.1, 0.15) is 6.54 Å². The van der Waals surface area contributed by atoms with Gasteiger partial charge in [0.2, 0.25) is 11.7 Å². The van der Waals surface area contributed by atoms with Crippen molar-refractivity contribution in [2.75, 3.05) is 11.1 Å². The molecule has 1 heterocycles. The Labute approximate surface area is 159 Å². The van der Waals surface area contributed by atoms with Gasteiger partial charge in [-0.05, 0) is 41.6 Å². The van der Waals surface area contributed by atoms with Crippen LogP contribution in [0.1, 0.15) is 0 Å². The summed E-state index contributed by atoms with van der Waals surface area (Å²) in [6, 6.07) is 16.4. The zero-order chi connectivity index (χ0) is 18.4. The summed E-state index contributed by atoms with van der Waals surface area (Å²) >= 11 is 7.22. The van der Waals surface area contributed by atoms with Crippen LogP contribution in [-0.4, -0.2) is 31.9 Å². The second kappa shape index (κ2) is 8.47. The van der Waals surface area contributed by atoms with Crippen LogP contribution in [0.15, 0.2) is 53.4 Å². The summed E-state index contributed by atoms with van der Waals surface area (Å²) < 4.78 is 0. The average Bonchev–Trinajstić information content (AvgIpc) is 3.10. The molecule has 0 aliphatic carbocycles. The number of benzene rings is 2. The summed E-state index contributed by atoms with van der Waals surface area (Å²) in [5.41, 5.74) is 1.41. The predicted molar refractivity (Wildman–Crippen MR) is 99.7 cm³/mol. The molecule has 26 heavy (non-hydrogen) atoms.